The van der Waals surface area contributed by atoms with Crippen LogP contribution < -0.4 is 10.1 Å². The van der Waals surface area contributed by atoms with Crippen LogP contribution in [0.4, 0.5) is 0 Å². The molecule has 0 bridgehead atoms. The molecular weight excluding hydrogens is 258 g/mol. The zero-order valence-corrected chi connectivity index (χ0v) is 14.2. The summed E-state index contributed by atoms with van der Waals surface area (Å²) in [6, 6.07) is 8.56. The van der Waals surface area contributed by atoms with Gasteiger partial charge in [0.05, 0.1) is 7.11 Å². The molecule has 1 unspecified atom stereocenters. The van der Waals surface area contributed by atoms with Crippen LogP contribution in [0.15, 0.2) is 24.3 Å². The standard InChI is InChI=1S/C19H33NO/c1-4-6-7-8-9-18(16-20-14-5-2)15-17-10-12-19(21-3)13-11-17/h10-13,18,20H,4-9,14-16H2,1-3H3. The average Bonchev–Trinajstić information content (AvgIpc) is 2.52. The topological polar surface area (TPSA) is 21.3 Å². The molecule has 0 spiro atoms. The molecule has 0 saturated carbocycles. The van der Waals surface area contributed by atoms with Gasteiger partial charge in [-0.25, -0.2) is 0 Å². The Morgan fingerprint density at radius 3 is 2.38 bits per heavy atom. The summed E-state index contributed by atoms with van der Waals surface area (Å²) >= 11 is 0. The van der Waals surface area contributed by atoms with Crippen molar-refractivity contribution in [1.29, 1.82) is 0 Å². The van der Waals surface area contributed by atoms with Gasteiger partial charge in [0.25, 0.3) is 0 Å². The Labute approximate surface area is 131 Å². The molecule has 2 heteroatoms. The minimum Gasteiger partial charge on any atom is -0.497 e. The van der Waals surface area contributed by atoms with Gasteiger partial charge < -0.3 is 10.1 Å². The molecule has 0 aliphatic carbocycles. The van der Waals surface area contributed by atoms with E-state index in [2.05, 4.69) is 43.4 Å². The van der Waals surface area contributed by atoms with Crippen LogP contribution in [0.5, 0.6) is 5.75 Å². The molecule has 1 atom stereocenters. The predicted octanol–water partition coefficient (Wildman–Crippen LogP) is 4.82. The van der Waals surface area contributed by atoms with Crippen molar-refractivity contribution in [3.05, 3.63) is 29.8 Å². The molecule has 1 aromatic rings. The Morgan fingerprint density at radius 1 is 1.00 bits per heavy atom. The lowest BCUT2D eigenvalue weighted by atomic mass is 9.93. The largest absolute Gasteiger partial charge is 0.497 e. The number of hydrogen-bond donors (Lipinski definition) is 1. The highest BCUT2D eigenvalue weighted by Gasteiger charge is 2.09. The minimum absolute atomic E-state index is 0.752. The van der Waals surface area contributed by atoms with Gasteiger partial charge in [-0.3, -0.25) is 0 Å². The monoisotopic (exact) mass is 291 g/mol. The third kappa shape index (κ3) is 8.11. The predicted molar refractivity (Wildman–Crippen MR) is 92.1 cm³/mol. The molecule has 0 aliphatic rings. The lowest BCUT2D eigenvalue weighted by Gasteiger charge is -2.18. The molecular formula is C19H33NO. The maximum atomic E-state index is 5.23. The van der Waals surface area contributed by atoms with Gasteiger partial charge in [0.1, 0.15) is 5.75 Å². The molecule has 1 aromatic carbocycles. The van der Waals surface area contributed by atoms with Crippen molar-refractivity contribution in [2.24, 2.45) is 5.92 Å². The molecule has 0 amide bonds. The van der Waals surface area contributed by atoms with Crippen molar-refractivity contribution in [2.75, 3.05) is 20.2 Å². The average molecular weight is 291 g/mol. The van der Waals surface area contributed by atoms with Crippen LogP contribution in [0.1, 0.15) is 57.9 Å². The number of nitrogens with one attached hydrogen (secondary N) is 1. The summed E-state index contributed by atoms with van der Waals surface area (Å²) in [5, 5.41) is 3.59. The lowest BCUT2D eigenvalue weighted by Crippen LogP contribution is -2.25. The van der Waals surface area contributed by atoms with Crippen molar-refractivity contribution in [2.45, 2.75) is 58.8 Å². The van der Waals surface area contributed by atoms with E-state index < -0.39 is 0 Å². The summed E-state index contributed by atoms with van der Waals surface area (Å²) < 4.78 is 5.23. The zero-order valence-electron chi connectivity index (χ0n) is 14.2. The van der Waals surface area contributed by atoms with E-state index in [0.717, 1.165) is 24.8 Å². The molecule has 0 fully saturated rings. The number of benzene rings is 1. The molecule has 21 heavy (non-hydrogen) atoms. The van der Waals surface area contributed by atoms with Crippen molar-refractivity contribution in [3.8, 4) is 5.75 Å². The summed E-state index contributed by atoms with van der Waals surface area (Å²) in [5.74, 6) is 1.70. The summed E-state index contributed by atoms with van der Waals surface area (Å²) in [4.78, 5) is 0. The smallest absolute Gasteiger partial charge is 0.118 e. The molecule has 0 aliphatic heterocycles. The molecule has 0 heterocycles. The van der Waals surface area contributed by atoms with E-state index in [1.807, 2.05) is 0 Å². The summed E-state index contributed by atoms with van der Waals surface area (Å²) in [5.41, 5.74) is 1.43. The summed E-state index contributed by atoms with van der Waals surface area (Å²) in [7, 11) is 1.72. The van der Waals surface area contributed by atoms with Gasteiger partial charge in [-0.1, -0.05) is 51.7 Å². The van der Waals surface area contributed by atoms with Crippen LogP contribution in [0.2, 0.25) is 0 Å². The van der Waals surface area contributed by atoms with Crippen LogP contribution in [-0.2, 0) is 6.42 Å². The van der Waals surface area contributed by atoms with Gasteiger partial charge in [-0.2, -0.15) is 0 Å². The van der Waals surface area contributed by atoms with E-state index in [1.54, 1.807) is 7.11 Å². The number of hydrogen-bond acceptors (Lipinski definition) is 2. The first-order valence-corrected chi connectivity index (χ1v) is 8.63. The lowest BCUT2D eigenvalue weighted by molar-refractivity contribution is 0.412. The Hall–Kier alpha value is -1.02. The van der Waals surface area contributed by atoms with E-state index in [1.165, 1.54) is 50.5 Å². The quantitative estimate of drug-likeness (QED) is 0.557. The highest BCUT2D eigenvalue weighted by atomic mass is 16.5. The van der Waals surface area contributed by atoms with Crippen LogP contribution in [0.25, 0.3) is 0 Å². The second kappa shape index (κ2) is 11.6. The first-order chi connectivity index (χ1) is 10.3. The van der Waals surface area contributed by atoms with Gasteiger partial charge >= 0.3 is 0 Å². The first kappa shape index (κ1) is 18.0. The number of unbranched alkanes of at least 4 members (excludes halogenated alkanes) is 3. The Morgan fingerprint density at radius 2 is 1.76 bits per heavy atom. The van der Waals surface area contributed by atoms with Crippen LogP contribution in [0.3, 0.4) is 0 Å². The molecule has 0 aromatic heterocycles. The zero-order chi connectivity index (χ0) is 15.3. The van der Waals surface area contributed by atoms with Gasteiger partial charge in [-0.15, -0.1) is 0 Å². The van der Waals surface area contributed by atoms with Crippen molar-refractivity contribution < 1.29 is 4.74 Å². The SMILES string of the molecule is CCCCCCC(CNCCC)Cc1ccc(OC)cc1. The Bertz CT molecular complexity index is 347. The fraction of sp³-hybridized carbons (Fsp3) is 0.684. The van der Waals surface area contributed by atoms with E-state index >= 15 is 0 Å². The van der Waals surface area contributed by atoms with Gasteiger partial charge in [0.15, 0.2) is 0 Å². The first-order valence-electron chi connectivity index (χ1n) is 8.63. The van der Waals surface area contributed by atoms with Crippen LogP contribution in [0, 0.1) is 5.92 Å². The fourth-order valence-corrected chi connectivity index (χ4v) is 2.71. The van der Waals surface area contributed by atoms with Crippen LogP contribution in [-0.4, -0.2) is 20.2 Å². The van der Waals surface area contributed by atoms with Gasteiger partial charge in [-0.05, 0) is 56.0 Å². The van der Waals surface area contributed by atoms with E-state index in [9.17, 15) is 0 Å². The van der Waals surface area contributed by atoms with E-state index in [0.29, 0.717) is 0 Å². The normalized spacial score (nSPS) is 12.3. The van der Waals surface area contributed by atoms with Crippen molar-refractivity contribution in [3.63, 3.8) is 0 Å². The second-order valence-corrected chi connectivity index (χ2v) is 5.97. The van der Waals surface area contributed by atoms with E-state index in [4.69, 9.17) is 4.74 Å². The third-order valence-electron chi connectivity index (χ3n) is 4.01. The number of methoxy groups -OCH3 is 1. The molecule has 0 radical (unpaired) electrons. The minimum atomic E-state index is 0.752. The van der Waals surface area contributed by atoms with Crippen LogP contribution >= 0.6 is 0 Å². The Kier molecular flexibility index (Phi) is 9.98. The number of rotatable bonds is 12. The maximum absolute atomic E-state index is 5.23. The van der Waals surface area contributed by atoms with E-state index in [-0.39, 0.29) is 0 Å². The number of ether oxygens (including phenoxy) is 1. The Balaban J connectivity index is 2.44. The molecule has 1 rings (SSSR count). The van der Waals surface area contributed by atoms with Gasteiger partial charge in [0.2, 0.25) is 0 Å². The molecule has 2 nitrogen and oxygen atoms in total. The molecule has 120 valence electrons. The van der Waals surface area contributed by atoms with Gasteiger partial charge in [0, 0.05) is 0 Å². The highest BCUT2D eigenvalue weighted by molar-refractivity contribution is 5.27. The second-order valence-electron chi connectivity index (χ2n) is 5.97. The third-order valence-corrected chi connectivity index (χ3v) is 4.01. The summed E-state index contributed by atoms with van der Waals surface area (Å²) in [6.07, 6.45) is 9.15. The fourth-order valence-electron chi connectivity index (χ4n) is 2.71. The van der Waals surface area contributed by atoms with Crippen molar-refractivity contribution in [1.82, 2.24) is 5.32 Å². The van der Waals surface area contributed by atoms with Crippen molar-refractivity contribution >= 4 is 0 Å². The molecule has 1 N–H and O–H groups in total. The maximum Gasteiger partial charge on any atom is 0.118 e. The highest BCUT2D eigenvalue weighted by Crippen LogP contribution is 2.18. The molecule has 0 saturated heterocycles. The summed E-state index contributed by atoms with van der Waals surface area (Å²) in [6.45, 7) is 6.78.